The molecule has 1 rings (SSSR count). The van der Waals surface area contributed by atoms with Crippen molar-refractivity contribution in [3.05, 3.63) is 17.0 Å². The summed E-state index contributed by atoms with van der Waals surface area (Å²) in [6.07, 6.45) is 0. The van der Waals surface area contributed by atoms with Crippen molar-refractivity contribution in [1.29, 1.82) is 5.41 Å². The fourth-order valence-electron chi connectivity index (χ4n) is 0.906. The number of thioether (sulfide) groups is 1. The molecule has 0 bridgehead atoms. The smallest absolute Gasteiger partial charge is 0.251 e. The van der Waals surface area contributed by atoms with E-state index in [1.807, 2.05) is 0 Å². The van der Waals surface area contributed by atoms with Crippen LogP contribution in [0.2, 0.25) is 0 Å². The van der Waals surface area contributed by atoms with Gasteiger partial charge in [-0.3, -0.25) is 15.0 Å². The minimum atomic E-state index is -0.587. The van der Waals surface area contributed by atoms with Crippen LogP contribution in [0.1, 0.15) is 10.4 Å². The van der Waals surface area contributed by atoms with E-state index in [0.717, 1.165) is 11.8 Å². The van der Waals surface area contributed by atoms with Crippen LogP contribution in [0.4, 0.5) is 5.00 Å². The number of anilines is 1. The van der Waals surface area contributed by atoms with E-state index in [4.69, 9.17) is 16.9 Å². The number of primary amides is 1. The number of carbonyl (C=O) groups is 2. The van der Waals surface area contributed by atoms with Gasteiger partial charge in [-0.05, 0) is 11.4 Å². The Hall–Kier alpha value is -1.54. The Bertz CT molecular complexity index is 429. The van der Waals surface area contributed by atoms with Crippen LogP contribution in [0.25, 0.3) is 0 Å². The second kappa shape index (κ2) is 5.52. The van der Waals surface area contributed by atoms with Gasteiger partial charge in [0.2, 0.25) is 5.91 Å². The minimum Gasteiger partial charge on any atom is -0.379 e. The lowest BCUT2D eigenvalue weighted by molar-refractivity contribution is -0.113. The average Bonchev–Trinajstić information content (AvgIpc) is 2.62. The molecule has 1 aromatic rings. The van der Waals surface area contributed by atoms with Crippen LogP contribution in [0, 0.1) is 5.41 Å². The van der Waals surface area contributed by atoms with Crippen molar-refractivity contribution in [1.82, 2.24) is 0 Å². The predicted molar refractivity (Wildman–Crippen MR) is 65.8 cm³/mol. The first-order chi connectivity index (χ1) is 7.50. The second-order valence-electron chi connectivity index (χ2n) is 2.73. The standard InChI is InChI=1S/C8H10N4O2S2/c9-6(14)4-1-2-15-7(4)12-5(13)3-16-8(10)11/h1-2H,3H2,(H2,9,14)(H3,10,11)(H,12,13). The molecule has 2 amide bonds. The van der Waals surface area contributed by atoms with Crippen molar-refractivity contribution >= 4 is 45.1 Å². The van der Waals surface area contributed by atoms with Gasteiger partial charge in [-0.15, -0.1) is 11.3 Å². The van der Waals surface area contributed by atoms with Crippen LogP contribution < -0.4 is 16.8 Å². The molecule has 1 heterocycles. The number of nitrogens with one attached hydrogen (secondary N) is 2. The third-order valence-electron chi connectivity index (χ3n) is 1.54. The lowest BCUT2D eigenvalue weighted by atomic mass is 10.3. The zero-order chi connectivity index (χ0) is 12.1. The first-order valence-corrected chi connectivity index (χ1v) is 6.01. The van der Waals surface area contributed by atoms with Crippen LogP contribution >= 0.6 is 23.1 Å². The molecule has 0 aromatic carbocycles. The largest absolute Gasteiger partial charge is 0.379 e. The maximum atomic E-state index is 11.4. The van der Waals surface area contributed by atoms with Crippen LogP contribution in [-0.4, -0.2) is 22.7 Å². The molecule has 86 valence electrons. The molecule has 0 saturated heterocycles. The Kier molecular flexibility index (Phi) is 4.32. The van der Waals surface area contributed by atoms with E-state index in [0.29, 0.717) is 5.00 Å². The highest BCUT2D eigenvalue weighted by atomic mass is 32.2. The van der Waals surface area contributed by atoms with E-state index in [1.54, 1.807) is 11.4 Å². The highest BCUT2D eigenvalue weighted by molar-refractivity contribution is 8.14. The maximum absolute atomic E-state index is 11.4. The van der Waals surface area contributed by atoms with E-state index in [9.17, 15) is 9.59 Å². The normalized spacial score (nSPS) is 9.75. The van der Waals surface area contributed by atoms with Crippen molar-refractivity contribution < 1.29 is 9.59 Å². The highest BCUT2D eigenvalue weighted by Gasteiger charge is 2.12. The zero-order valence-corrected chi connectivity index (χ0v) is 9.78. The number of amidine groups is 1. The van der Waals surface area contributed by atoms with Crippen LogP contribution in [-0.2, 0) is 4.79 Å². The summed E-state index contributed by atoms with van der Waals surface area (Å²) in [5.41, 5.74) is 10.5. The molecule has 6 N–H and O–H groups in total. The van der Waals surface area contributed by atoms with Crippen molar-refractivity contribution in [3.8, 4) is 0 Å². The molecule has 0 atom stereocenters. The molecule has 1 aromatic heterocycles. The Morgan fingerprint density at radius 1 is 1.50 bits per heavy atom. The molecule has 0 aliphatic rings. The van der Waals surface area contributed by atoms with Gasteiger partial charge in [-0.25, -0.2) is 0 Å². The molecule has 0 spiro atoms. The fraction of sp³-hybridized carbons (Fsp3) is 0.125. The lowest BCUT2D eigenvalue weighted by Gasteiger charge is -2.03. The van der Waals surface area contributed by atoms with E-state index in [-0.39, 0.29) is 22.4 Å². The maximum Gasteiger partial charge on any atom is 0.251 e. The average molecular weight is 258 g/mol. The van der Waals surface area contributed by atoms with Gasteiger partial charge in [-0.1, -0.05) is 11.8 Å². The SMILES string of the molecule is N=C(N)SCC(=O)Nc1sccc1C(N)=O. The number of hydrogen-bond donors (Lipinski definition) is 4. The summed E-state index contributed by atoms with van der Waals surface area (Å²) >= 11 is 2.13. The number of carbonyl (C=O) groups excluding carboxylic acids is 2. The Morgan fingerprint density at radius 3 is 2.75 bits per heavy atom. The summed E-state index contributed by atoms with van der Waals surface area (Å²) < 4.78 is 0. The zero-order valence-electron chi connectivity index (χ0n) is 8.15. The summed E-state index contributed by atoms with van der Waals surface area (Å²) in [6.45, 7) is 0. The molecule has 0 radical (unpaired) electrons. The number of thiophene rings is 1. The highest BCUT2D eigenvalue weighted by Crippen LogP contribution is 2.22. The van der Waals surface area contributed by atoms with E-state index in [2.05, 4.69) is 5.32 Å². The van der Waals surface area contributed by atoms with E-state index >= 15 is 0 Å². The fourth-order valence-corrected chi connectivity index (χ4v) is 2.07. The monoisotopic (exact) mass is 258 g/mol. The predicted octanol–water partition coefficient (Wildman–Crippen LogP) is 0.412. The molecule has 16 heavy (non-hydrogen) atoms. The van der Waals surface area contributed by atoms with Crippen LogP contribution in [0.5, 0.6) is 0 Å². The van der Waals surface area contributed by atoms with E-state index < -0.39 is 5.91 Å². The van der Waals surface area contributed by atoms with Crippen LogP contribution in [0.15, 0.2) is 11.4 Å². The first kappa shape index (κ1) is 12.5. The van der Waals surface area contributed by atoms with Gasteiger partial charge in [0.05, 0.1) is 11.3 Å². The number of amides is 2. The van der Waals surface area contributed by atoms with E-state index in [1.165, 1.54) is 11.3 Å². The topological polar surface area (TPSA) is 122 Å². The van der Waals surface area contributed by atoms with Crippen molar-refractivity contribution in [2.24, 2.45) is 11.5 Å². The van der Waals surface area contributed by atoms with Gasteiger partial charge in [0, 0.05) is 0 Å². The molecule has 0 saturated carbocycles. The van der Waals surface area contributed by atoms with Gasteiger partial charge >= 0.3 is 0 Å². The lowest BCUT2D eigenvalue weighted by Crippen LogP contribution is -2.19. The number of rotatable bonds is 4. The summed E-state index contributed by atoms with van der Waals surface area (Å²) in [7, 11) is 0. The van der Waals surface area contributed by atoms with Gasteiger partial charge in [0.25, 0.3) is 5.91 Å². The summed E-state index contributed by atoms with van der Waals surface area (Å²) in [5, 5.41) is 11.4. The molecular formula is C8H10N4O2S2. The van der Waals surface area contributed by atoms with Crippen molar-refractivity contribution in [3.63, 3.8) is 0 Å². The molecule has 8 heteroatoms. The first-order valence-electron chi connectivity index (χ1n) is 4.14. The summed E-state index contributed by atoms with van der Waals surface area (Å²) in [5.74, 6) is -0.883. The summed E-state index contributed by atoms with van der Waals surface area (Å²) in [4.78, 5) is 22.3. The quantitative estimate of drug-likeness (QED) is 0.461. The third kappa shape index (κ3) is 3.55. The van der Waals surface area contributed by atoms with Crippen molar-refractivity contribution in [2.45, 2.75) is 0 Å². The van der Waals surface area contributed by atoms with Gasteiger partial charge in [0.15, 0.2) is 5.17 Å². The van der Waals surface area contributed by atoms with Gasteiger partial charge < -0.3 is 16.8 Å². The molecule has 0 aliphatic carbocycles. The minimum absolute atomic E-state index is 0.0332. The molecule has 6 nitrogen and oxygen atoms in total. The van der Waals surface area contributed by atoms with Crippen LogP contribution in [0.3, 0.4) is 0 Å². The third-order valence-corrected chi connectivity index (χ3v) is 3.09. The Morgan fingerprint density at radius 2 is 2.19 bits per heavy atom. The molecular weight excluding hydrogens is 248 g/mol. The molecule has 0 unspecified atom stereocenters. The molecule has 0 fully saturated rings. The Balaban J connectivity index is 2.59. The number of hydrogen-bond acceptors (Lipinski definition) is 5. The summed E-state index contributed by atoms with van der Waals surface area (Å²) in [6, 6.07) is 1.54. The Labute approximate surface area is 99.9 Å². The van der Waals surface area contributed by atoms with Crippen molar-refractivity contribution in [2.75, 3.05) is 11.1 Å². The second-order valence-corrected chi connectivity index (χ2v) is 4.66. The molecule has 0 aliphatic heterocycles. The van der Waals surface area contributed by atoms with Gasteiger partial charge in [0.1, 0.15) is 5.00 Å². The number of nitrogens with two attached hydrogens (primary N) is 2. The van der Waals surface area contributed by atoms with Gasteiger partial charge in [-0.2, -0.15) is 0 Å².